The van der Waals surface area contributed by atoms with Crippen LogP contribution < -0.4 is 10.1 Å². The summed E-state index contributed by atoms with van der Waals surface area (Å²) in [5.41, 5.74) is 2.39. The number of nitrogens with one attached hydrogen (secondary N) is 1. The van der Waals surface area contributed by atoms with Crippen molar-refractivity contribution in [2.45, 2.75) is 6.42 Å². The number of hydrogen-bond acceptors (Lipinski definition) is 2. The SMILES string of the molecule is COc1ccccc1CCNC/C=C/c1ccc(Cl)cc1.Cl. The highest BCUT2D eigenvalue weighted by molar-refractivity contribution is 6.30. The normalized spacial score (nSPS) is 10.5. The maximum atomic E-state index is 5.85. The van der Waals surface area contributed by atoms with Gasteiger partial charge in [0.2, 0.25) is 0 Å². The second kappa shape index (κ2) is 10.3. The molecule has 4 heteroatoms. The van der Waals surface area contributed by atoms with Crippen LogP contribution in [-0.2, 0) is 6.42 Å². The second-order valence-electron chi connectivity index (χ2n) is 4.72. The van der Waals surface area contributed by atoms with Crippen LogP contribution in [0, 0.1) is 0 Å². The van der Waals surface area contributed by atoms with Gasteiger partial charge >= 0.3 is 0 Å². The van der Waals surface area contributed by atoms with Gasteiger partial charge in [0.15, 0.2) is 0 Å². The first-order valence-corrected chi connectivity index (χ1v) is 7.42. The Balaban J connectivity index is 0.00000242. The van der Waals surface area contributed by atoms with Gasteiger partial charge in [0.25, 0.3) is 0 Å². The van der Waals surface area contributed by atoms with Crippen molar-refractivity contribution in [3.8, 4) is 5.75 Å². The van der Waals surface area contributed by atoms with Gasteiger partial charge in [0, 0.05) is 11.6 Å². The molecule has 2 aromatic carbocycles. The van der Waals surface area contributed by atoms with Gasteiger partial charge in [0.1, 0.15) is 5.75 Å². The molecule has 0 aliphatic carbocycles. The topological polar surface area (TPSA) is 21.3 Å². The third-order valence-corrected chi connectivity index (χ3v) is 3.46. The first-order valence-electron chi connectivity index (χ1n) is 7.04. The quantitative estimate of drug-likeness (QED) is 0.744. The second-order valence-corrected chi connectivity index (χ2v) is 5.16. The molecular formula is C18H21Cl2NO. The molecule has 22 heavy (non-hydrogen) atoms. The highest BCUT2D eigenvalue weighted by Crippen LogP contribution is 2.17. The van der Waals surface area contributed by atoms with Crippen LogP contribution in [0.2, 0.25) is 5.02 Å². The summed E-state index contributed by atoms with van der Waals surface area (Å²) in [6.45, 7) is 1.77. The fourth-order valence-electron chi connectivity index (χ4n) is 2.09. The molecule has 2 nitrogen and oxygen atoms in total. The van der Waals surface area contributed by atoms with Crippen LogP contribution in [0.25, 0.3) is 6.08 Å². The molecule has 0 aliphatic rings. The van der Waals surface area contributed by atoms with Crippen LogP contribution in [-0.4, -0.2) is 20.2 Å². The third-order valence-electron chi connectivity index (χ3n) is 3.21. The van der Waals surface area contributed by atoms with Gasteiger partial charge in [0.05, 0.1) is 7.11 Å². The Morgan fingerprint density at radius 2 is 1.82 bits per heavy atom. The van der Waals surface area contributed by atoms with Crippen molar-refractivity contribution in [1.29, 1.82) is 0 Å². The number of benzene rings is 2. The van der Waals surface area contributed by atoms with E-state index in [1.165, 1.54) is 5.56 Å². The fourth-order valence-corrected chi connectivity index (χ4v) is 2.21. The van der Waals surface area contributed by atoms with Gasteiger partial charge in [-0.05, 0) is 42.3 Å². The van der Waals surface area contributed by atoms with Crippen LogP contribution in [0.1, 0.15) is 11.1 Å². The molecule has 118 valence electrons. The molecule has 2 aromatic rings. The summed E-state index contributed by atoms with van der Waals surface area (Å²) in [5, 5.41) is 4.16. The van der Waals surface area contributed by atoms with E-state index >= 15 is 0 Å². The average Bonchev–Trinajstić information content (AvgIpc) is 2.53. The van der Waals surface area contributed by atoms with Crippen LogP contribution >= 0.6 is 24.0 Å². The van der Waals surface area contributed by atoms with Crippen LogP contribution in [0.4, 0.5) is 0 Å². The van der Waals surface area contributed by atoms with Crippen molar-refractivity contribution >= 4 is 30.1 Å². The van der Waals surface area contributed by atoms with E-state index in [4.69, 9.17) is 16.3 Å². The zero-order chi connectivity index (χ0) is 14.9. The van der Waals surface area contributed by atoms with E-state index in [2.05, 4.69) is 23.5 Å². The minimum Gasteiger partial charge on any atom is -0.496 e. The summed E-state index contributed by atoms with van der Waals surface area (Å²) in [5.74, 6) is 0.955. The Labute approximate surface area is 143 Å². The number of hydrogen-bond donors (Lipinski definition) is 1. The minimum absolute atomic E-state index is 0. The van der Waals surface area contributed by atoms with Gasteiger partial charge < -0.3 is 10.1 Å². The fraction of sp³-hybridized carbons (Fsp3) is 0.222. The smallest absolute Gasteiger partial charge is 0.122 e. The molecule has 0 heterocycles. The molecule has 1 N–H and O–H groups in total. The van der Waals surface area contributed by atoms with Crippen molar-refractivity contribution in [1.82, 2.24) is 5.32 Å². The van der Waals surface area contributed by atoms with Crippen molar-refractivity contribution in [3.63, 3.8) is 0 Å². The highest BCUT2D eigenvalue weighted by atomic mass is 35.5. The number of para-hydroxylation sites is 1. The van der Waals surface area contributed by atoms with E-state index in [0.29, 0.717) is 0 Å². The van der Waals surface area contributed by atoms with Crippen molar-refractivity contribution in [3.05, 3.63) is 70.8 Å². The number of ether oxygens (including phenoxy) is 1. The molecule has 0 unspecified atom stereocenters. The Bertz CT molecular complexity index is 582. The molecule has 0 radical (unpaired) electrons. The van der Waals surface area contributed by atoms with Gasteiger partial charge in [-0.2, -0.15) is 0 Å². The first kappa shape index (κ1) is 18.6. The summed E-state index contributed by atoms with van der Waals surface area (Å²) in [6, 6.07) is 15.9. The molecule has 0 fully saturated rings. The predicted octanol–water partition coefficient (Wildman–Crippen LogP) is 4.62. The number of methoxy groups -OCH3 is 1. The van der Waals surface area contributed by atoms with Gasteiger partial charge in [-0.25, -0.2) is 0 Å². The summed E-state index contributed by atoms with van der Waals surface area (Å²) in [7, 11) is 1.71. The maximum Gasteiger partial charge on any atom is 0.122 e. The molecule has 0 aromatic heterocycles. The lowest BCUT2D eigenvalue weighted by atomic mass is 10.1. The van der Waals surface area contributed by atoms with Crippen LogP contribution in [0.5, 0.6) is 5.75 Å². The highest BCUT2D eigenvalue weighted by Gasteiger charge is 1.99. The lowest BCUT2D eigenvalue weighted by Gasteiger charge is -2.08. The zero-order valence-corrected chi connectivity index (χ0v) is 14.2. The summed E-state index contributed by atoms with van der Waals surface area (Å²) >= 11 is 5.85. The third kappa shape index (κ3) is 6.10. The van der Waals surface area contributed by atoms with Crippen molar-refractivity contribution < 1.29 is 4.74 Å². The number of halogens is 2. The number of rotatable bonds is 7. The maximum absolute atomic E-state index is 5.85. The van der Waals surface area contributed by atoms with Gasteiger partial charge in [-0.1, -0.05) is 54.1 Å². The van der Waals surface area contributed by atoms with Crippen molar-refractivity contribution in [2.24, 2.45) is 0 Å². The summed E-state index contributed by atoms with van der Waals surface area (Å²) in [6.07, 6.45) is 5.16. The zero-order valence-electron chi connectivity index (χ0n) is 12.6. The molecule has 2 rings (SSSR count). The Hall–Kier alpha value is -1.48. The van der Waals surface area contributed by atoms with E-state index in [-0.39, 0.29) is 12.4 Å². The molecule has 0 saturated heterocycles. The Morgan fingerprint density at radius 3 is 2.55 bits per heavy atom. The van der Waals surface area contributed by atoms with Crippen molar-refractivity contribution in [2.75, 3.05) is 20.2 Å². The van der Waals surface area contributed by atoms with E-state index in [1.54, 1.807) is 7.11 Å². The summed E-state index contributed by atoms with van der Waals surface area (Å²) < 4.78 is 5.34. The van der Waals surface area contributed by atoms with E-state index < -0.39 is 0 Å². The largest absolute Gasteiger partial charge is 0.496 e. The molecule has 0 bridgehead atoms. The summed E-state index contributed by atoms with van der Waals surface area (Å²) in [4.78, 5) is 0. The lowest BCUT2D eigenvalue weighted by Crippen LogP contribution is -2.17. The molecule has 0 saturated carbocycles. The first-order chi connectivity index (χ1) is 10.3. The van der Waals surface area contributed by atoms with E-state index in [0.717, 1.165) is 35.8 Å². The Kier molecular flexibility index (Phi) is 8.68. The van der Waals surface area contributed by atoms with E-state index in [9.17, 15) is 0 Å². The molecule has 0 atom stereocenters. The predicted molar refractivity (Wildman–Crippen MR) is 97.3 cm³/mol. The minimum atomic E-state index is 0. The molecule has 0 amide bonds. The standard InChI is InChI=1S/C18H20ClNO.ClH/c1-21-18-7-3-2-6-16(18)12-14-20-13-4-5-15-8-10-17(19)11-9-15;/h2-11,20H,12-14H2,1H3;1H/b5-4+;. The Morgan fingerprint density at radius 1 is 1.09 bits per heavy atom. The van der Waals surface area contributed by atoms with Crippen LogP contribution in [0.3, 0.4) is 0 Å². The molecular weight excluding hydrogens is 317 g/mol. The molecule has 0 spiro atoms. The van der Waals surface area contributed by atoms with Crippen LogP contribution in [0.15, 0.2) is 54.6 Å². The monoisotopic (exact) mass is 337 g/mol. The average molecular weight is 338 g/mol. The van der Waals surface area contributed by atoms with Gasteiger partial charge in [-0.15, -0.1) is 12.4 Å². The van der Waals surface area contributed by atoms with E-state index in [1.807, 2.05) is 42.5 Å². The van der Waals surface area contributed by atoms with Gasteiger partial charge in [-0.3, -0.25) is 0 Å². The molecule has 0 aliphatic heterocycles. The lowest BCUT2D eigenvalue weighted by molar-refractivity contribution is 0.409.